The normalized spacial score (nSPS) is 9.83. The first-order chi connectivity index (χ1) is 8.51. The number of nitrogens with zero attached hydrogens (tertiary/aromatic N) is 2. The molecule has 0 atom stereocenters. The second-order valence-electron chi connectivity index (χ2n) is 3.34. The Hall–Kier alpha value is -2.44. The van der Waals surface area contributed by atoms with Crippen LogP contribution in [-0.2, 0) is 11.3 Å². The van der Waals surface area contributed by atoms with E-state index in [1.807, 2.05) is 0 Å². The third kappa shape index (κ3) is 2.82. The Morgan fingerprint density at radius 2 is 2.33 bits per heavy atom. The predicted octanol–water partition coefficient (Wildman–Crippen LogP) is 1.12. The molecule has 0 N–H and O–H groups in total. The molecule has 0 bridgehead atoms. The number of rotatable bonds is 5. The molecular formula is C11H12N2O5. The van der Waals surface area contributed by atoms with Crippen LogP contribution in [0, 0.1) is 10.1 Å². The van der Waals surface area contributed by atoms with Crippen molar-refractivity contribution in [2.75, 3.05) is 6.61 Å². The third-order valence-electron chi connectivity index (χ3n) is 2.10. The van der Waals surface area contributed by atoms with E-state index in [9.17, 15) is 19.7 Å². The van der Waals surface area contributed by atoms with E-state index < -0.39 is 16.5 Å². The smallest absolute Gasteiger partial charge is 0.344 e. The van der Waals surface area contributed by atoms with E-state index in [4.69, 9.17) is 0 Å². The number of hydrogen-bond acceptors (Lipinski definition) is 5. The average molecular weight is 252 g/mol. The van der Waals surface area contributed by atoms with Crippen molar-refractivity contribution in [3.8, 4) is 0 Å². The fourth-order valence-electron chi connectivity index (χ4n) is 1.35. The molecule has 0 aliphatic carbocycles. The van der Waals surface area contributed by atoms with Gasteiger partial charge in [-0.25, -0.2) is 4.79 Å². The molecule has 0 saturated heterocycles. The van der Waals surface area contributed by atoms with E-state index in [1.165, 1.54) is 6.08 Å². The summed E-state index contributed by atoms with van der Waals surface area (Å²) in [5.74, 6) is -0.871. The van der Waals surface area contributed by atoms with Crippen LogP contribution in [-0.4, -0.2) is 22.1 Å². The maximum absolute atomic E-state index is 11.8. The zero-order chi connectivity index (χ0) is 13.7. The monoisotopic (exact) mass is 252 g/mol. The van der Waals surface area contributed by atoms with Crippen LogP contribution in [0.2, 0.25) is 0 Å². The fraction of sp³-hybridized carbons (Fsp3) is 0.273. The number of esters is 1. The lowest BCUT2D eigenvalue weighted by Crippen LogP contribution is -2.27. The largest absolute Gasteiger partial charge is 0.462 e. The van der Waals surface area contributed by atoms with Crippen molar-refractivity contribution < 1.29 is 14.5 Å². The van der Waals surface area contributed by atoms with Crippen LogP contribution in [0.5, 0.6) is 0 Å². The molecule has 0 spiro atoms. The molecular weight excluding hydrogens is 240 g/mol. The van der Waals surface area contributed by atoms with Crippen molar-refractivity contribution in [3.05, 3.63) is 50.9 Å². The lowest BCUT2D eigenvalue weighted by molar-refractivity contribution is -0.385. The van der Waals surface area contributed by atoms with E-state index in [1.54, 1.807) is 6.92 Å². The number of carbonyl (C=O) groups is 1. The van der Waals surface area contributed by atoms with Gasteiger partial charge in [-0.05, 0) is 6.92 Å². The molecule has 0 fully saturated rings. The topological polar surface area (TPSA) is 91.4 Å². The van der Waals surface area contributed by atoms with Gasteiger partial charge in [0.1, 0.15) is 5.56 Å². The van der Waals surface area contributed by atoms with Crippen molar-refractivity contribution in [1.82, 2.24) is 4.57 Å². The van der Waals surface area contributed by atoms with Crippen LogP contribution >= 0.6 is 0 Å². The molecule has 0 saturated carbocycles. The summed E-state index contributed by atoms with van der Waals surface area (Å²) in [5.41, 5.74) is -1.34. The quantitative estimate of drug-likeness (QED) is 0.339. The third-order valence-corrected chi connectivity index (χ3v) is 2.10. The van der Waals surface area contributed by atoms with E-state index in [-0.39, 0.29) is 24.4 Å². The lowest BCUT2D eigenvalue weighted by atomic mass is 10.2. The SMILES string of the molecule is C=CCn1cc([N+](=O)[O-])cc(C(=O)OCC)c1=O. The summed E-state index contributed by atoms with van der Waals surface area (Å²) < 4.78 is 5.72. The summed E-state index contributed by atoms with van der Waals surface area (Å²) in [6.07, 6.45) is 2.47. The molecule has 96 valence electrons. The Morgan fingerprint density at radius 3 is 2.83 bits per heavy atom. The number of allylic oxidation sites excluding steroid dienone is 1. The Labute approximate surface area is 102 Å². The van der Waals surface area contributed by atoms with Crippen LogP contribution in [0.25, 0.3) is 0 Å². The van der Waals surface area contributed by atoms with Gasteiger partial charge >= 0.3 is 5.97 Å². The second kappa shape index (κ2) is 5.76. The Morgan fingerprint density at radius 1 is 1.67 bits per heavy atom. The van der Waals surface area contributed by atoms with E-state index >= 15 is 0 Å². The van der Waals surface area contributed by atoms with Crippen LogP contribution < -0.4 is 5.56 Å². The first-order valence-electron chi connectivity index (χ1n) is 5.18. The minimum absolute atomic E-state index is 0.0763. The number of carbonyl (C=O) groups excluding carboxylic acids is 1. The zero-order valence-electron chi connectivity index (χ0n) is 9.79. The van der Waals surface area contributed by atoms with Crippen molar-refractivity contribution >= 4 is 11.7 Å². The Balaban J connectivity index is 3.39. The van der Waals surface area contributed by atoms with Gasteiger partial charge in [0.25, 0.3) is 11.2 Å². The molecule has 7 heteroatoms. The average Bonchev–Trinajstić information content (AvgIpc) is 2.31. The number of hydrogen-bond donors (Lipinski definition) is 0. The molecule has 18 heavy (non-hydrogen) atoms. The molecule has 0 unspecified atom stereocenters. The summed E-state index contributed by atoms with van der Waals surface area (Å²) >= 11 is 0. The van der Waals surface area contributed by atoms with Crippen molar-refractivity contribution in [3.63, 3.8) is 0 Å². The summed E-state index contributed by atoms with van der Waals surface area (Å²) in [4.78, 5) is 33.4. The minimum Gasteiger partial charge on any atom is -0.462 e. The lowest BCUT2D eigenvalue weighted by Gasteiger charge is -2.05. The zero-order valence-corrected chi connectivity index (χ0v) is 9.79. The van der Waals surface area contributed by atoms with Crippen LogP contribution in [0.4, 0.5) is 5.69 Å². The molecule has 7 nitrogen and oxygen atoms in total. The first-order valence-corrected chi connectivity index (χ1v) is 5.18. The molecule has 0 aromatic carbocycles. The highest BCUT2D eigenvalue weighted by Crippen LogP contribution is 2.11. The highest BCUT2D eigenvalue weighted by Gasteiger charge is 2.19. The molecule has 0 aliphatic rings. The molecule has 1 heterocycles. The van der Waals surface area contributed by atoms with Crippen molar-refractivity contribution in [2.24, 2.45) is 0 Å². The molecule has 1 aromatic heterocycles. The van der Waals surface area contributed by atoms with Gasteiger partial charge in [0.15, 0.2) is 0 Å². The van der Waals surface area contributed by atoms with Gasteiger partial charge < -0.3 is 9.30 Å². The van der Waals surface area contributed by atoms with Gasteiger partial charge in [-0.2, -0.15) is 0 Å². The second-order valence-corrected chi connectivity index (χ2v) is 3.34. The number of aromatic nitrogens is 1. The van der Waals surface area contributed by atoms with Crippen molar-refractivity contribution in [1.29, 1.82) is 0 Å². The first kappa shape index (κ1) is 13.6. The number of ether oxygens (including phenoxy) is 1. The summed E-state index contributed by atoms with van der Waals surface area (Å²) in [6, 6.07) is 0.917. The Bertz CT molecular complexity index is 547. The highest BCUT2D eigenvalue weighted by molar-refractivity contribution is 5.89. The van der Waals surface area contributed by atoms with E-state index in [0.29, 0.717) is 0 Å². The van der Waals surface area contributed by atoms with E-state index in [2.05, 4.69) is 11.3 Å². The van der Waals surface area contributed by atoms with E-state index in [0.717, 1.165) is 16.8 Å². The molecule has 0 radical (unpaired) electrons. The highest BCUT2D eigenvalue weighted by atomic mass is 16.6. The van der Waals surface area contributed by atoms with Crippen LogP contribution in [0.1, 0.15) is 17.3 Å². The van der Waals surface area contributed by atoms with Gasteiger partial charge in [0.2, 0.25) is 0 Å². The van der Waals surface area contributed by atoms with Gasteiger partial charge in [-0.1, -0.05) is 6.08 Å². The standard InChI is InChI=1S/C11H12N2O5/c1-3-5-12-7-8(13(16)17)6-9(10(12)14)11(15)18-4-2/h3,6-7H,1,4-5H2,2H3. The van der Waals surface area contributed by atoms with Gasteiger partial charge in [-0.15, -0.1) is 6.58 Å². The van der Waals surface area contributed by atoms with Gasteiger partial charge in [-0.3, -0.25) is 14.9 Å². The predicted molar refractivity (Wildman–Crippen MR) is 63.5 cm³/mol. The minimum atomic E-state index is -0.871. The van der Waals surface area contributed by atoms with Gasteiger partial charge in [0.05, 0.1) is 17.7 Å². The van der Waals surface area contributed by atoms with Crippen LogP contribution in [0.3, 0.4) is 0 Å². The molecule has 1 rings (SSSR count). The number of nitro groups is 1. The van der Waals surface area contributed by atoms with Crippen molar-refractivity contribution in [2.45, 2.75) is 13.5 Å². The molecule has 1 aromatic rings. The number of pyridine rings is 1. The molecule has 0 amide bonds. The van der Waals surface area contributed by atoms with Gasteiger partial charge in [0, 0.05) is 12.6 Å². The van der Waals surface area contributed by atoms with Crippen LogP contribution in [0.15, 0.2) is 29.7 Å². The Kier molecular flexibility index (Phi) is 4.36. The maximum Gasteiger partial charge on any atom is 0.344 e. The summed E-state index contributed by atoms with van der Waals surface area (Å²) in [7, 11) is 0. The summed E-state index contributed by atoms with van der Waals surface area (Å²) in [5, 5.41) is 10.7. The summed E-state index contributed by atoms with van der Waals surface area (Å²) in [6.45, 7) is 5.18. The molecule has 0 aliphatic heterocycles. The maximum atomic E-state index is 11.8. The fourth-order valence-corrected chi connectivity index (χ4v) is 1.35.